The van der Waals surface area contributed by atoms with Gasteiger partial charge in [0.2, 0.25) is 5.91 Å². The predicted octanol–water partition coefficient (Wildman–Crippen LogP) is 6.36. The Kier molecular flexibility index (Phi) is 6.42. The monoisotopic (exact) mass is 459 g/mol. The van der Waals surface area contributed by atoms with Crippen molar-refractivity contribution in [3.05, 3.63) is 87.9 Å². The molecule has 3 aromatic carbocycles. The summed E-state index contributed by atoms with van der Waals surface area (Å²) in [5.74, 6) is 1.70. The minimum absolute atomic E-state index is 0.0605. The average molecular weight is 460 g/mol. The van der Waals surface area contributed by atoms with Gasteiger partial charge in [0.05, 0.1) is 12.9 Å². The zero-order valence-electron chi connectivity index (χ0n) is 16.2. The lowest BCUT2D eigenvalue weighted by Gasteiger charge is -2.25. The van der Waals surface area contributed by atoms with Gasteiger partial charge < -0.3 is 9.47 Å². The molecule has 0 radical (unpaired) electrons. The fourth-order valence-corrected chi connectivity index (χ4v) is 4.76. The van der Waals surface area contributed by atoms with Gasteiger partial charge in [-0.05, 0) is 48.0 Å². The molecule has 1 saturated heterocycles. The van der Waals surface area contributed by atoms with E-state index in [2.05, 4.69) is 0 Å². The third-order valence-corrected chi connectivity index (χ3v) is 6.62. The van der Waals surface area contributed by atoms with Crippen molar-refractivity contribution in [2.24, 2.45) is 0 Å². The molecule has 0 N–H and O–H groups in total. The van der Waals surface area contributed by atoms with E-state index in [-0.39, 0.29) is 11.3 Å². The number of ether oxygens (including phenoxy) is 2. The van der Waals surface area contributed by atoms with Crippen LogP contribution in [0.3, 0.4) is 0 Å². The van der Waals surface area contributed by atoms with Crippen molar-refractivity contribution in [1.29, 1.82) is 0 Å². The van der Waals surface area contributed by atoms with Crippen molar-refractivity contribution in [3.8, 4) is 11.5 Å². The number of benzene rings is 3. The number of carbonyl (C=O) groups excluding carboxylic acids is 1. The second kappa shape index (κ2) is 9.21. The van der Waals surface area contributed by atoms with Crippen molar-refractivity contribution in [1.82, 2.24) is 0 Å². The number of hydrogen-bond donors (Lipinski definition) is 0. The van der Waals surface area contributed by atoms with Gasteiger partial charge in [0.25, 0.3) is 0 Å². The number of rotatable bonds is 6. The highest BCUT2D eigenvalue weighted by atomic mass is 35.5. The fourth-order valence-electron chi connectivity index (χ4n) is 3.28. The van der Waals surface area contributed by atoms with E-state index in [4.69, 9.17) is 32.7 Å². The van der Waals surface area contributed by atoms with Crippen LogP contribution in [0.4, 0.5) is 5.69 Å². The molecule has 0 aliphatic carbocycles. The SMILES string of the molecule is COc1cc([C@@H]2SCC(=O)N2c2ccc(Cl)cc2)ccc1OCc1ccccc1Cl. The molecule has 4 rings (SSSR count). The maximum Gasteiger partial charge on any atom is 0.238 e. The summed E-state index contributed by atoms with van der Waals surface area (Å²) in [5, 5.41) is 1.15. The number of hydrogen-bond acceptors (Lipinski definition) is 4. The number of methoxy groups -OCH3 is 1. The maximum absolute atomic E-state index is 12.6. The lowest BCUT2D eigenvalue weighted by atomic mass is 10.1. The lowest BCUT2D eigenvalue weighted by Crippen LogP contribution is -2.27. The number of nitrogens with zero attached hydrogens (tertiary/aromatic N) is 1. The highest BCUT2D eigenvalue weighted by Crippen LogP contribution is 2.44. The van der Waals surface area contributed by atoms with Crippen LogP contribution in [0.2, 0.25) is 10.0 Å². The van der Waals surface area contributed by atoms with Gasteiger partial charge in [0.1, 0.15) is 12.0 Å². The molecule has 1 heterocycles. The number of thioether (sulfide) groups is 1. The highest BCUT2D eigenvalue weighted by Gasteiger charge is 2.34. The first-order valence-electron chi connectivity index (χ1n) is 9.30. The zero-order valence-corrected chi connectivity index (χ0v) is 18.5. The van der Waals surface area contributed by atoms with Crippen molar-refractivity contribution in [3.63, 3.8) is 0 Å². The summed E-state index contributed by atoms with van der Waals surface area (Å²) in [7, 11) is 1.60. The summed E-state index contributed by atoms with van der Waals surface area (Å²) in [6.07, 6.45) is 0. The summed E-state index contributed by atoms with van der Waals surface area (Å²) in [6, 6.07) is 20.6. The van der Waals surface area contributed by atoms with Crippen molar-refractivity contribution >= 4 is 46.6 Å². The minimum Gasteiger partial charge on any atom is -0.493 e. The van der Waals surface area contributed by atoms with Crippen LogP contribution in [0.5, 0.6) is 11.5 Å². The Balaban J connectivity index is 1.57. The van der Waals surface area contributed by atoms with Crippen molar-refractivity contribution < 1.29 is 14.3 Å². The van der Waals surface area contributed by atoms with Gasteiger partial charge >= 0.3 is 0 Å². The standard InChI is InChI=1S/C23H19Cl2NO3S/c1-28-21-12-15(6-11-20(21)29-13-16-4-2-3-5-19(16)25)23-26(22(27)14-30-23)18-9-7-17(24)8-10-18/h2-12,23H,13-14H2,1H3/t23-/m0/s1. The quantitative estimate of drug-likeness (QED) is 0.429. The van der Waals surface area contributed by atoms with Gasteiger partial charge in [-0.2, -0.15) is 0 Å². The molecule has 0 unspecified atom stereocenters. The van der Waals surface area contributed by atoms with E-state index in [0.717, 1.165) is 16.8 Å². The first-order chi connectivity index (χ1) is 14.6. The Morgan fingerprint density at radius 2 is 1.80 bits per heavy atom. The third-order valence-electron chi connectivity index (χ3n) is 4.79. The molecule has 1 amide bonds. The second-order valence-corrected chi connectivity index (χ2v) is 8.61. The summed E-state index contributed by atoms with van der Waals surface area (Å²) in [4.78, 5) is 14.4. The van der Waals surface area contributed by atoms with E-state index < -0.39 is 0 Å². The van der Waals surface area contributed by atoms with Crippen LogP contribution in [0.15, 0.2) is 66.7 Å². The molecule has 0 saturated carbocycles. The molecule has 30 heavy (non-hydrogen) atoms. The van der Waals surface area contributed by atoms with Gasteiger partial charge in [0.15, 0.2) is 11.5 Å². The minimum atomic E-state index is -0.148. The van der Waals surface area contributed by atoms with Gasteiger partial charge in [-0.1, -0.05) is 47.5 Å². The topological polar surface area (TPSA) is 38.8 Å². The van der Waals surface area contributed by atoms with Crippen LogP contribution in [0.1, 0.15) is 16.5 Å². The summed E-state index contributed by atoms with van der Waals surface area (Å²) in [6.45, 7) is 0.336. The largest absolute Gasteiger partial charge is 0.493 e. The first-order valence-corrected chi connectivity index (χ1v) is 11.1. The Labute approximate surface area is 189 Å². The maximum atomic E-state index is 12.6. The molecule has 1 atom stereocenters. The lowest BCUT2D eigenvalue weighted by molar-refractivity contribution is -0.115. The molecule has 7 heteroatoms. The Bertz CT molecular complexity index is 1060. The Morgan fingerprint density at radius 3 is 2.53 bits per heavy atom. The fraction of sp³-hybridized carbons (Fsp3) is 0.174. The molecule has 0 aromatic heterocycles. The summed E-state index contributed by atoms with van der Waals surface area (Å²) >= 11 is 13.8. The van der Waals surface area contributed by atoms with Gasteiger partial charge in [-0.15, -0.1) is 11.8 Å². The van der Waals surface area contributed by atoms with E-state index in [1.54, 1.807) is 35.9 Å². The van der Waals surface area contributed by atoms with Crippen LogP contribution < -0.4 is 14.4 Å². The van der Waals surface area contributed by atoms with Gasteiger partial charge in [0, 0.05) is 21.3 Å². The van der Waals surface area contributed by atoms with E-state index in [1.807, 2.05) is 54.6 Å². The normalized spacial score (nSPS) is 16.0. The Hall–Kier alpha value is -2.34. The number of anilines is 1. The molecule has 0 bridgehead atoms. The number of halogens is 2. The van der Waals surface area contributed by atoms with E-state index >= 15 is 0 Å². The van der Waals surface area contributed by atoms with E-state index in [9.17, 15) is 4.79 Å². The van der Waals surface area contributed by atoms with Crippen LogP contribution in [0.25, 0.3) is 0 Å². The van der Waals surface area contributed by atoms with Crippen LogP contribution in [0, 0.1) is 0 Å². The molecule has 154 valence electrons. The smallest absolute Gasteiger partial charge is 0.238 e. The summed E-state index contributed by atoms with van der Waals surface area (Å²) < 4.78 is 11.5. The van der Waals surface area contributed by atoms with E-state index in [1.165, 1.54) is 0 Å². The Morgan fingerprint density at radius 1 is 1.03 bits per heavy atom. The molecule has 3 aromatic rings. The summed E-state index contributed by atoms with van der Waals surface area (Å²) in [5.41, 5.74) is 2.68. The van der Waals surface area contributed by atoms with E-state index in [0.29, 0.717) is 33.9 Å². The van der Waals surface area contributed by atoms with Crippen LogP contribution in [-0.4, -0.2) is 18.8 Å². The average Bonchev–Trinajstić information content (AvgIpc) is 3.15. The van der Waals surface area contributed by atoms with Gasteiger partial charge in [-0.25, -0.2) is 0 Å². The van der Waals surface area contributed by atoms with Crippen molar-refractivity contribution in [2.75, 3.05) is 17.8 Å². The first kappa shape index (κ1) is 20.9. The molecule has 1 aliphatic heterocycles. The van der Waals surface area contributed by atoms with Crippen LogP contribution >= 0.6 is 35.0 Å². The zero-order chi connectivity index (χ0) is 21.1. The molecular weight excluding hydrogens is 441 g/mol. The third kappa shape index (κ3) is 4.38. The van der Waals surface area contributed by atoms with Crippen molar-refractivity contribution in [2.45, 2.75) is 12.0 Å². The van der Waals surface area contributed by atoms with Gasteiger partial charge in [-0.3, -0.25) is 9.69 Å². The second-order valence-electron chi connectivity index (χ2n) is 6.69. The number of carbonyl (C=O) groups is 1. The number of amides is 1. The molecular formula is C23H19Cl2NO3S. The van der Waals surface area contributed by atoms with Crippen LogP contribution in [-0.2, 0) is 11.4 Å². The predicted molar refractivity (Wildman–Crippen MR) is 123 cm³/mol. The molecule has 4 nitrogen and oxygen atoms in total. The molecule has 1 fully saturated rings. The highest BCUT2D eigenvalue weighted by molar-refractivity contribution is 8.00. The molecule has 1 aliphatic rings. The molecule has 0 spiro atoms.